The van der Waals surface area contributed by atoms with Crippen LogP contribution in [0, 0.1) is 0 Å². The normalized spacial score (nSPS) is 23.2. The van der Waals surface area contributed by atoms with E-state index >= 15 is 0 Å². The topological polar surface area (TPSA) is 21.3 Å². The lowest BCUT2D eigenvalue weighted by atomic mass is 10.3. The maximum atomic E-state index is 4.95. The van der Waals surface area contributed by atoms with Gasteiger partial charge in [0.05, 0.1) is 12.1 Å². The molecule has 0 bridgehead atoms. The van der Waals surface area contributed by atoms with Gasteiger partial charge in [-0.3, -0.25) is 4.72 Å². The molecule has 0 aromatic rings. The van der Waals surface area contributed by atoms with E-state index in [1.165, 1.54) is 12.8 Å². The van der Waals surface area contributed by atoms with Crippen LogP contribution >= 0.6 is 12.8 Å². The fourth-order valence-electron chi connectivity index (χ4n) is 0.716. The number of thiol groups is 1. The first-order valence-electron chi connectivity index (χ1n) is 2.73. The predicted octanol–water partition coefficient (Wildman–Crippen LogP) is 0.600. The number of rotatable bonds is 3. The lowest BCUT2D eigenvalue weighted by Gasteiger charge is -2.09. The van der Waals surface area contributed by atoms with E-state index < -0.39 is 0 Å². The number of ether oxygens (including phenoxy) is 1. The van der Waals surface area contributed by atoms with Gasteiger partial charge in [0, 0.05) is 7.11 Å². The summed E-state index contributed by atoms with van der Waals surface area (Å²) in [4.78, 5) is 0. The average molecular weight is 133 g/mol. The Balaban J connectivity index is 2.20. The summed E-state index contributed by atoms with van der Waals surface area (Å²) < 4.78 is 7.87. The van der Waals surface area contributed by atoms with E-state index in [0.29, 0.717) is 0 Å². The van der Waals surface area contributed by atoms with Gasteiger partial charge in [-0.1, -0.05) is 12.8 Å². The molecule has 0 aromatic carbocycles. The first-order valence-corrected chi connectivity index (χ1v) is 3.18. The maximum absolute atomic E-state index is 4.95. The average Bonchev–Trinajstić information content (AvgIpc) is 2.50. The minimum atomic E-state index is 0.234. The van der Waals surface area contributed by atoms with Gasteiger partial charge in [0.15, 0.2) is 0 Å². The Hall–Kier alpha value is 0.270. The van der Waals surface area contributed by atoms with Crippen molar-refractivity contribution in [2.24, 2.45) is 0 Å². The van der Waals surface area contributed by atoms with Gasteiger partial charge >= 0.3 is 0 Å². The minimum absolute atomic E-state index is 0.234. The molecule has 2 nitrogen and oxygen atoms in total. The van der Waals surface area contributed by atoms with Crippen molar-refractivity contribution in [3.63, 3.8) is 0 Å². The van der Waals surface area contributed by atoms with E-state index in [0.717, 1.165) is 6.61 Å². The molecule has 3 heteroatoms. The van der Waals surface area contributed by atoms with Crippen LogP contribution in [-0.2, 0) is 4.74 Å². The lowest BCUT2D eigenvalue weighted by molar-refractivity contribution is 0.168. The van der Waals surface area contributed by atoms with Crippen LogP contribution < -0.4 is 4.72 Å². The Morgan fingerprint density at radius 2 is 2.38 bits per heavy atom. The van der Waals surface area contributed by atoms with Gasteiger partial charge in [-0.2, -0.15) is 0 Å². The van der Waals surface area contributed by atoms with Crippen LogP contribution in [0.4, 0.5) is 0 Å². The molecule has 0 aliphatic heterocycles. The summed E-state index contributed by atoms with van der Waals surface area (Å²) in [6.07, 6.45) is 2.40. The van der Waals surface area contributed by atoms with Gasteiger partial charge in [0.2, 0.25) is 0 Å². The molecule has 1 fully saturated rings. The van der Waals surface area contributed by atoms with E-state index in [1.807, 2.05) is 0 Å². The number of nitrogens with one attached hydrogen (secondary N) is 1. The van der Waals surface area contributed by atoms with Crippen LogP contribution in [-0.4, -0.2) is 19.3 Å². The fraction of sp³-hybridized carbons (Fsp3) is 1.00. The maximum Gasteiger partial charge on any atom is 0.0652 e. The molecule has 0 saturated heterocycles. The van der Waals surface area contributed by atoms with E-state index in [2.05, 4.69) is 17.5 Å². The molecule has 8 heavy (non-hydrogen) atoms. The molecular weight excluding hydrogens is 122 g/mol. The molecule has 1 N–H and O–H groups in total. The number of hydrogen-bond acceptors (Lipinski definition) is 3. The molecule has 0 unspecified atom stereocenters. The Morgan fingerprint density at radius 3 is 2.50 bits per heavy atom. The third kappa shape index (κ3) is 1.16. The summed E-state index contributed by atoms with van der Waals surface area (Å²) in [6.45, 7) is 0.788. The van der Waals surface area contributed by atoms with Gasteiger partial charge < -0.3 is 4.74 Å². The van der Waals surface area contributed by atoms with Gasteiger partial charge in [-0.25, -0.2) is 0 Å². The van der Waals surface area contributed by atoms with Crippen molar-refractivity contribution in [1.29, 1.82) is 0 Å². The van der Waals surface area contributed by atoms with Gasteiger partial charge in [-0.15, -0.1) is 0 Å². The Morgan fingerprint density at radius 1 is 1.75 bits per heavy atom. The zero-order chi connectivity index (χ0) is 6.04. The molecule has 1 rings (SSSR count). The summed E-state index contributed by atoms with van der Waals surface area (Å²) >= 11 is 3.97. The van der Waals surface area contributed by atoms with Crippen LogP contribution in [0.5, 0.6) is 0 Å². The van der Waals surface area contributed by atoms with Gasteiger partial charge in [-0.05, 0) is 12.8 Å². The first kappa shape index (κ1) is 6.39. The summed E-state index contributed by atoms with van der Waals surface area (Å²) in [7, 11) is 1.71. The smallest absolute Gasteiger partial charge is 0.0652 e. The van der Waals surface area contributed by atoms with Crippen molar-refractivity contribution in [3.05, 3.63) is 0 Å². The molecule has 1 aliphatic rings. The molecular formula is C5H11NOS. The quantitative estimate of drug-likeness (QED) is 0.550. The predicted molar refractivity (Wildman–Crippen MR) is 36.0 cm³/mol. The van der Waals surface area contributed by atoms with Crippen molar-refractivity contribution in [2.75, 3.05) is 13.7 Å². The van der Waals surface area contributed by atoms with Crippen molar-refractivity contribution in [3.8, 4) is 0 Å². The minimum Gasteiger partial charge on any atom is -0.383 e. The number of hydrogen-bond donors (Lipinski definition) is 2. The van der Waals surface area contributed by atoms with Gasteiger partial charge in [0.1, 0.15) is 0 Å². The molecule has 0 spiro atoms. The SMILES string of the molecule is COCC1(NS)CC1. The Kier molecular flexibility index (Phi) is 1.80. The van der Waals surface area contributed by atoms with Crippen molar-refractivity contribution >= 4 is 12.8 Å². The summed E-state index contributed by atoms with van der Waals surface area (Å²) in [6, 6.07) is 0. The molecule has 48 valence electrons. The zero-order valence-corrected chi connectivity index (χ0v) is 5.87. The second-order valence-corrected chi connectivity index (χ2v) is 2.55. The zero-order valence-electron chi connectivity index (χ0n) is 4.98. The summed E-state index contributed by atoms with van der Waals surface area (Å²) in [5.74, 6) is 0. The molecule has 1 saturated carbocycles. The summed E-state index contributed by atoms with van der Waals surface area (Å²) in [5.41, 5.74) is 0.234. The highest BCUT2D eigenvalue weighted by Crippen LogP contribution is 2.35. The fourth-order valence-corrected chi connectivity index (χ4v) is 1.00. The Labute approximate surface area is 55.1 Å². The van der Waals surface area contributed by atoms with Crippen LogP contribution in [0.2, 0.25) is 0 Å². The van der Waals surface area contributed by atoms with Crippen molar-refractivity contribution in [2.45, 2.75) is 18.4 Å². The monoisotopic (exact) mass is 133 g/mol. The van der Waals surface area contributed by atoms with E-state index in [-0.39, 0.29) is 5.54 Å². The second kappa shape index (κ2) is 2.25. The van der Waals surface area contributed by atoms with E-state index in [4.69, 9.17) is 4.74 Å². The molecule has 0 radical (unpaired) electrons. The molecule has 0 amide bonds. The van der Waals surface area contributed by atoms with Crippen LogP contribution in [0.15, 0.2) is 0 Å². The molecule has 0 heterocycles. The third-order valence-electron chi connectivity index (χ3n) is 1.51. The Bertz CT molecular complexity index is 82.5. The third-order valence-corrected chi connectivity index (χ3v) is 1.99. The molecule has 1 aliphatic carbocycles. The molecule has 0 atom stereocenters. The second-order valence-electron chi connectivity index (χ2n) is 2.33. The lowest BCUT2D eigenvalue weighted by Crippen LogP contribution is -2.28. The highest BCUT2D eigenvalue weighted by Gasteiger charge is 2.41. The van der Waals surface area contributed by atoms with Crippen LogP contribution in [0.1, 0.15) is 12.8 Å². The largest absolute Gasteiger partial charge is 0.383 e. The van der Waals surface area contributed by atoms with E-state index in [9.17, 15) is 0 Å². The van der Waals surface area contributed by atoms with Crippen LogP contribution in [0.3, 0.4) is 0 Å². The van der Waals surface area contributed by atoms with Crippen LogP contribution in [0.25, 0.3) is 0 Å². The number of methoxy groups -OCH3 is 1. The summed E-state index contributed by atoms with van der Waals surface area (Å²) in [5, 5.41) is 0. The standard InChI is InChI=1S/C5H11NOS/c1-7-4-5(6-8)2-3-5/h6,8H,2-4H2,1H3. The molecule has 0 aromatic heterocycles. The highest BCUT2D eigenvalue weighted by atomic mass is 32.1. The van der Waals surface area contributed by atoms with Crippen molar-refractivity contribution in [1.82, 2.24) is 4.72 Å². The van der Waals surface area contributed by atoms with Crippen molar-refractivity contribution < 1.29 is 4.74 Å². The first-order chi connectivity index (χ1) is 3.83. The van der Waals surface area contributed by atoms with Gasteiger partial charge in [0.25, 0.3) is 0 Å². The highest BCUT2D eigenvalue weighted by molar-refractivity contribution is 7.78. The van der Waals surface area contributed by atoms with E-state index in [1.54, 1.807) is 7.11 Å².